The molecule has 1 fully saturated rings. The molecule has 1 aliphatic carbocycles. The van der Waals surface area contributed by atoms with Crippen molar-refractivity contribution in [2.24, 2.45) is 5.92 Å². The van der Waals surface area contributed by atoms with Crippen molar-refractivity contribution in [3.8, 4) is 0 Å². The van der Waals surface area contributed by atoms with Crippen molar-refractivity contribution in [3.63, 3.8) is 0 Å². The zero-order chi connectivity index (χ0) is 13.0. The first-order valence-electron chi connectivity index (χ1n) is 7.05. The molecule has 18 heavy (non-hydrogen) atoms. The standard InChI is InChI=1S/C14H24N2O2/c1-2-13(11-17)15-7-9-16(10-8-15)14(18)12-5-3-4-6-12/h3-4,12-13,17H,2,5-11H2,1H3. The fourth-order valence-electron chi connectivity index (χ4n) is 2.89. The first-order valence-corrected chi connectivity index (χ1v) is 7.05. The van der Waals surface area contributed by atoms with Crippen LogP contribution in [0, 0.1) is 5.92 Å². The van der Waals surface area contributed by atoms with E-state index >= 15 is 0 Å². The van der Waals surface area contributed by atoms with Crippen LogP contribution >= 0.6 is 0 Å². The predicted molar refractivity (Wildman–Crippen MR) is 71.2 cm³/mol. The second-order valence-electron chi connectivity index (χ2n) is 5.25. The molecule has 2 aliphatic rings. The summed E-state index contributed by atoms with van der Waals surface area (Å²) in [6.07, 6.45) is 7.01. The number of amides is 1. The van der Waals surface area contributed by atoms with E-state index in [1.54, 1.807) is 0 Å². The predicted octanol–water partition coefficient (Wildman–Crippen LogP) is 0.868. The Balaban J connectivity index is 1.80. The van der Waals surface area contributed by atoms with E-state index in [0.717, 1.165) is 45.4 Å². The summed E-state index contributed by atoms with van der Waals surface area (Å²) in [6.45, 7) is 5.73. The van der Waals surface area contributed by atoms with E-state index in [-0.39, 0.29) is 18.6 Å². The smallest absolute Gasteiger partial charge is 0.226 e. The van der Waals surface area contributed by atoms with Gasteiger partial charge in [0, 0.05) is 38.1 Å². The van der Waals surface area contributed by atoms with Crippen LogP contribution < -0.4 is 0 Å². The largest absolute Gasteiger partial charge is 0.395 e. The zero-order valence-electron chi connectivity index (χ0n) is 11.2. The molecule has 102 valence electrons. The van der Waals surface area contributed by atoms with Gasteiger partial charge in [0.15, 0.2) is 0 Å². The fourth-order valence-corrected chi connectivity index (χ4v) is 2.89. The molecular weight excluding hydrogens is 228 g/mol. The minimum atomic E-state index is 0.191. The molecule has 4 nitrogen and oxygen atoms in total. The summed E-state index contributed by atoms with van der Waals surface area (Å²) in [7, 11) is 0. The summed E-state index contributed by atoms with van der Waals surface area (Å²) < 4.78 is 0. The highest BCUT2D eigenvalue weighted by molar-refractivity contribution is 5.79. The van der Waals surface area contributed by atoms with Gasteiger partial charge in [0.1, 0.15) is 0 Å². The molecule has 0 aromatic heterocycles. The van der Waals surface area contributed by atoms with Gasteiger partial charge < -0.3 is 10.0 Å². The second-order valence-corrected chi connectivity index (χ2v) is 5.25. The molecule has 2 rings (SSSR count). The number of rotatable bonds is 4. The van der Waals surface area contributed by atoms with Crippen molar-refractivity contribution in [3.05, 3.63) is 12.2 Å². The third-order valence-corrected chi connectivity index (χ3v) is 4.18. The van der Waals surface area contributed by atoms with Gasteiger partial charge >= 0.3 is 0 Å². The van der Waals surface area contributed by atoms with Gasteiger partial charge in [0.25, 0.3) is 0 Å². The molecule has 1 atom stereocenters. The first-order chi connectivity index (χ1) is 8.76. The van der Waals surface area contributed by atoms with Crippen molar-refractivity contribution < 1.29 is 9.90 Å². The van der Waals surface area contributed by atoms with Crippen LogP contribution in [0.4, 0.5) is 0 Å². The number of carbonyl (C=O) groups excluding carboxylic acids is 1. The summed E-state index contributed by atoms with van der Waals surface area (Å²) in [5.41, 5.74) is 0. The Kier molecular flexibility index (Phi) is 4.78. The minimum Gasteiger partial charge on any atom is -0.395 e. The Morgan fingerprint density at radius 2 is 1.89 bits per heavy atom. The van der Waals surface area contributed by atoms with Gasteiger partial charge in [-0.25, -0.2) is 0 Å². The van der Waals surface area contributed by atoms with E-state index < -0.39 is 0 Å². The molecule has 0 aromatic carbocycles. The van der Waals surface area contributed by atoms with Crippen molar-refractivity contribution >= 4 is 5.91 Å². The Morgan fingerprint density at radius 3 is 2.39 bits per heavy atom. The van der Waals surface area contributed by atoms with Gasteiger partial charge in [-0.1, -0.05) is 19.1 Å². The zero-order valence-corrected chi connectivity index (χ0v) is 11.2. The van der Waals surface area contributed by atoms with Crippen LogP contribution in [0.15, 0.2) is 12.2 Å². The highest BCUT2D eigenvalue weighted by Crippen LogP contribution is 2.21. The van der Waals surface area contributed by atoms with Crippen molar-refractivity contribution in [1.29, 1.82) is 0 Å². The van der Waals surface area contributed by atoms with Crippen LogP contribution in [0.2, 0.25) is 0 Å². The lowest BCUT2D eigenvalue weighted by atomic mass is 10.0. The van der Waals surface area contributed by atoms with Gasteiger partial charge in [0.2, 0.25) is 5.91 Å². The van der Waals surface area contributed by atoms with E-state index in [1.807, 2.05) is 4.90 Å². The van der Waals surface area contributed by atoms with Gasteiger partial charge in [-0.3, -0.25) is 9.69 Å². The summed E-state index contributed by atoms with van der Waals surface area (Å²) in [5, 5.41) is 9.30. The molecule has 4 heteroatoms. The SMILES string of the molecule is CCC(CO)N1CCN(C(=O)C2CC=CC2)CC1. The quantitative estimate of drug-likeness (QED) is 0.755. The number of carbonyl (C=O) groups is 1. The molecule has 1 saturated heterocycles. The van der Waals surface area contributed by atoms with E-state index in [1.165, 1.54) is 0 Å². The number of aliphatic hydroxyl groups is 1. The lowest BCUT2D eigenvalue weighted by Gasteiger charge is -2.39. The van der Waals surface area contributed by atoms with Gasteiger partial charge in [-0.2, -0.15) is 0 Å². The number of allylic oxidation sites excluding steroid dienone is 2. The van der Waals surface area contributed by atoms with Crippen LogP contribution in [0.25, 0.3) is 0 Å². The Morgan fingerprint density at radius 1 is 1.28 bits per heavy atom. The van der Waals surface area contributed by atoms with Crippen molar-refractivity contribution in [2.75, 3.05) is 32.8 Å². The van der Waals surface area contributed by atoms with Gasteiger partial charge in [-0.05, 0) is 19.3 Å². The number of nitrogens with zero attached hydrogens (tertiary/aromatic N) is 2. The summed E-state index contributed by atoms with van der Waals surface area (Å²) in [4.78, 5) is 16.5. The van der Waals surface area contributed by atoms with Crippen molar-refractivity contribution in [2.45, 2.75) is 32.2 Å². The summed E-state index contributed by atoms with van der Waals surface area (Å²) in [6, 6.07) is 0.260. The number of hydrogen-bond acceptors (Lipinski definition) is 3. The Hall–Kier alpha value is -0.870. The van der Waals surface area contributed by atoms with Crippen molar-refractivity contribution in [1.82, 2.24) is 9.80 Å². The molecule has 1 unspecified atom stereocenters. The van der Waals surface area contributed by atoms with E-state index in [4.69, 9.17) is 0 Å². The van der Waals surface area contributed by atoms with E-state index in [9.17, 15) is 9.90 Å². The minimum absolute atomic E-state index is 0.191. The maximum absolute atomic E-state index is 12.2. The van der Waals surface area contributed by atoms with Gasteiger partial charge in [-0.15, -0.1) is 0 Å². The summed E-state index contributed by atoms with van der Waals surface area (Å²) in [5.74, 6) is 0.507. The monoisotopic (exact) mass is 252 g/mol. The third-order valence-electron chi connectivity index (χ3n) is 4.18. The number of aliphatic hydroxyl groups excluding tert-OH is 1. The Bertz CT molecular complexity index is 297. The van der Waals surface area contributed by atoms with E-state index in [0.29, 0.717) is 5.91 Å². The highest BCUT2D eigenvalue weighted by atomic mass is 16.3. The maximum atomic E-state index is 12.2. The van der Waals surface area contributed by atoms with Crippen LogP contribution in [0.5, 0.6) is 0 Å². The molecule has 1 aliphatic heterocycles. The number of piperazine rings is 1. The first kappa shape index (κ1) is 13.6. The summed E-state index contributed by atoms with van der Waals surface area (Å²) >= 11 is 0. The van der Waals surface area contributed by atoms with Crippen LogP contribution in [0.1, 0.15) is 26.2 Å². The maximum Gasteiger partial charge on any atom is 0.226 e. The van der Waals surface area contributed by atoms with Crippen LogP contribution in [0.3, 0.4) is 0 Å². The lowest BCUT2D eigenvalue weighted by molar-refractivity contribution is -0.137. The molecule has 0 spiro atoms. The van der Waals surface area contributed by atoms with Gasteiger partial charge in [0.05, 0.1) is 6.61 Å². The topological polar surface area (TPSA) is 43.8 Å². The second kappa shape index (κ2) is 6.34. The molecular formula is C14H24N2O2. The molecule has 0 radical (unpaired) electrons. The van der Waals surface area contributed by atoms with Crippen LogP contribution in [-0.2, 0) is 4.79 Å². The normalized spacial score (nSPS) is 23.6. The lowest BCUT2D eigenvalue weighted by Crippen LogP contribution is -2.53. The highest BCUT2D eigenvalue weighted by Gasteiger charge is 2.29. The molecule has 1 heterocycles. The average molecular weight is 252 g/mol. The average Bonchev–Trinajstić information content (AvgIpc) is 2.94. The van der Waals surface area contributed by atoms with E-state index in [2.05, 4.69) is 24.0 Å². The number of hydrogen-bond donors (Lipinski definition) is 1. The molecule has 1 amide bonds. The molecule has 0 aromatic rings. The Labute approximate surface area is 109 Å². The molecule has 0 saturated carbocycles. The third kappa shape index (κ3) is 2.93. The molecule has 0 bridgehead atoms. The molecule has 1 N–H and O–H groups in total. The fraction of sp³-hybridized carbons (Fsp3) is 0.786. The van der Waals surface area contributed by atoms with Crippen LogP contribution in [-0.4, -0.2) is 59.6 Å².